The van der Waals surface area contributed by atoms with Crippen LogP contribution in [0.5, 0.6) is 17.2 Å². The Hall–Kier alpha value is -3.43. The fourth-order valence-corrected chi connectivity index (χ4v) is 3.37. The van der Waals surface area contributed by atoms with Crippen LogP contribution in [0.25, 0.3) is 11.3 Å². The number of allylic oxidation sites excluding steroid dienone is 1. The van der Waals surface area contributed by atoms with Crippen molar-refractivity contribution in [3.63, 3.8) is 0 Å². The van der Waals surface area contributed by atoms with Crippen LogP contribution in [0.3, 0.4) is 0 Å². The minimum absolute atomic E-state index is 0.474. The highest BCUT2D eigenvalue weighted by Crippen LogP contribution is 2.34. The number of hydrogen-bond donors (Lipinski definition) is 1. The van der Waals surface area contributed by atoms with Crippen molar-refractivity contribution < 1.29 is 14.2 Å². The van der Waals surface area contributed by atoms with E-state index in [-0.39, 0.29) is 0 Å². The molecule has 0 aliphatic heterocycles. The SMILES string of the molecule is COc1ccc(N/C(=C(/C#N)c2cc(OC)ccc2Br)c2ccc(OC)cc2)cc1. The van der Waals surface area contributed by atoms with Gasteiger partial charge in [0.1, 0.15) is 23.3 Å². The van der Waals surface area contributed by atoms with Gasteiger partial charge in [-0.15, -0.1) is 0 Å². The summed E-state index contributed by atoms with van der Waals surface area (Å²) in [6, 6.07) is 23.0. The summed E-state index contributed by atoms with van der Waals surface area (Å²) < 4.78 is 16.7. The second-order valence-corrected chi connectivity index (χ2v) is 7.14. The molecular formula is C24H21BrN2O3. The van der Waals surface area contributed by atoms with Gasteiger partial charge in [-0.1, -0.05) is 15.9 Å². The predicted octanol–water partition coefficient (Wildman–Crippen LogP) is 5.98. The molecule has 5 nitrogen and oxygen atoms in total. The summed E-state index contributed by atoms with van der Waals surface area (Å²) in [6.07, 6.45) is 0. The molecule has 0 aromatic heterocycles. The van der Waals surface area contributed by atoms with Crippen molar-refractivity contribution in [3.05, 3.63) is 82.3 Å². The van der Waals surface area contributed by atoms with Gasteiger partial charge in [0, 0.05) is 15.7 Å². The molecule has 30 heavy (non-hydrogen) atoms. The van der Waals surface area contributed by atoms with Gasteiger partial charge in [-0.2, -0.15) is 5.26 Å². The van der Waals surface area contributed by atoms with Gasteiger partial charge in [-0.3, -0.25) is 0 Å². The van der Waals surface area contributed by atoms with E-state index in [4.69, 9.17) is 14.2 Å². The van der Waals surface area contributed by atoms with Crippen LogP contribution in [0.2, 0.25) is 0 Å². The summed E-state index contributed by atoms with van der Waals surface area (Å²) in [4.78, 5) is 0. The van der Waals surface area contributed by atoms with Crippen LogP contribution < -0.4 is 19.5 Å². The third-order valence-electron chi connectivity index (χ3n) is 4.54. The first-order valence-corrected chi connectivity index (χ1v) is 9.92. The molecule has 0 saturated heterocycles. The highest BCUT2D eigenvalue weighted by molar-refractivity contribution is 9.10. The van der Waals surface area contributed by atoms with Crippen molar-refractivity contribution in [1.29, 1.82) is 5.26 Å². The molecular weight excluding hydrogens is 444 g/mol. The van der Waals surface area contributed by atoms with E-state index in [9.17, 15) is 5.26 Å². The molecule has 0 aliphatic rings. The summed E-state index contributed by atoms with van der Waals surface area (Å²) >= 11 is 3.56. The zero-order valence-electron chi connectivity index (χ0n) is 16.9. The van der Waals surface area contributed by atoms with Crippen LogP contribution in [0, 0.1) is 11.3 Å². The Bertz CT molecular complexity index is 1080. The first-order chi connectivity index (χ1) is 14.6. The number of nitrogens with one attached hydrogen (secondary N) is 1. The van der Waals surface area contributed by atoms with Crippen molar-refractivity contribution in [2.75, 3.05) is 26.6 Å². The molecule has 6 heteroatoms. The molecule has 3 aromatic carbocycles. The predicted molar refractivity (Wildman–Crippen MR) is 123 cm³/mol. The standard InChI is InChI=1S/C24H21BrN2O3/c1-28-18-8-4-16(5-9-18)24(27-17-6-10-19(29-2)11-7-17)22(15-26)21-14-20(30-3)12-13-23(21)25/h4-14,27H,1-3H3/b24-22-. The second-order valence-electron chi connectivity index (χ2n) is 6.29. The number of rotatable bonds is 7. The van der Waals surface area contributed by atoms with Gasteiger partial charge < -0.3 is 19.5 Å². The molecule has 0 aliphatic carbocycles. The summed E-state index contributed by atoms with van der Waals surface area (Å²) in [6.45, 7) is 0. The van der Waals surface area contributed by atoms with Crippen LogP contribution in [-0.4, -0.2) is 21.3 Å². The van der Waals surface area contributed by atoms with Gasteiger partial charge in [-0.05, 0) is 72.3 Å². The average molecular weight is 465 g/mol. The van der Waals surface area contributed by atoms with E-state index in [1.54, 1.807) is 21.3 Å². The maximum absolute atomic E-state index is 10.1. The Morgan fingerprint density at radius 3 is 1.87 bits per heavy atom. The molecule has 3 aromatic rings. The van der Waals surface area contributed by atoms with E-state index in [2.05, 4.69) is 27.3 Å². The molecule has 3 rings (SSSR count). The van der Waals surface area contributed by atoms with E-state index < -0.39 is 0 Å². The Balaban J connectivity index is 2.18. The molecule has 0 saturated carbocycles. The van der Waals surface area contributed by atoms with Gasteiger partial charge in [0.25, 0.3) is 0 Å². The highest BCUT2D eigenvalue weighted by Gasteiger charge is 2.16. The molecule has 0 spiro atoms. The third kappa shape index (κ3) is 4.76. The number of anilines is 1. The van der Waals surface area contributed by atoms with Crippen LogP contribution in [0.1, 0.15) is 11.1 Å². The number of hydrogen-bond acceptors (Lipinski definition) is 5. The summed E-state index contributed by atoms with van der Waals surface area (Å²) in [7, 11) is 4.84. The van der Waals surface area contributed by atoms with Crippen molar-refractivity contribution in [3.8, 4) is 23.3 Å². The Morgan fingerprint density at radius 2 is 1.33 bits per heavy atom. The minimum Gasteiger partial charge on any atom is -0.497 e. The van der Waals surface area contributed by atoms with E-state index in [1.165, 1.54) is 0 Å². The topological polar surface area (TPSA) is 63.5 Å². The van der Waals surface area contributed by atoms with Crippen LogP contribution in [-0.2, 0) is 0 Å². The van der Waals surface area contributed by atoms with E-state index in [0.29, 0.717) is 17.0 Å². The smallest absolute Gasteiger partial charge is 0.119 e. The molecule has 0 bridgehead atoms. The van der Waals surface area contributed by atoms with E-state index in [1.807, 2.05) is 66.7 Å². The summed E-state index contributed by atoms with van der Waals surface area (Å²) in [5.74, 6) is 2.16. The molecule has 1 N–H and O–H groups in total. The van der Waals surface area contributed by atoms with Crippen LogP contribution >= 0.6 is 15.9 Å². The monoisotopic (exact) mass is 464 g/mol. The first kappa shape index (κ1) is 21.3. The van der Waals surface area contributed by atoms with Crippen molar-refractivity contribution in [2.24, 2.45) is 0 Å². The molecule has 0 amide bonds. The molecule has 0 radical (unpaired) electrons. The van der Waals surface area contributed by atoms with Crippen molar-refractivity contribution >= 4 is 32.9 Å². The Labute approximate surface area is 184 Å². The fraction of sp³-hybridized carbons (Fsp3) is 0.125. The van der Waals surface area contributed by atoms with E-state index in [0.717, 1.165) is 32.8 Å². The number of methoxy groups -OCH3 is 3. The number of nitriles is 1. The number of benzene rings is 3. The summed E-state index contributed by atoms with van der Waals surface area (Å²) in [5.41, 5.74) is 3.54. The van der Waals surface area contributed by atoms with Gasteiger partial charge in [-0.25, -0.2) is 0 Å². The Kier molecular flexibility index (Phi) is 6.99. The lowest BCUT2D eigenvalue weighted by atomic mass is 9.99. The quantitative estimate of drug-likeness (QED) is 0.344. The van der Waals surface area contributed by atoms with Crippen molar-refractivity contribution in [2.45, 2.75) is 0 Å². The zero-order chi connectivity index (χ0) is 21.5. The molecule has 0 atom stereocenters. The summed E-state index contributed by atoms with van der Waals surface area (Å²) in [5, 5.41) is 13.5. The normalized spacial score (nSPS) is 11.2. The molecule has 0 fully saturated rings. The molecule has 0 unspecified atom stereocenters. The fourth-order valence-electron chi connectivity index (χ4n) is 2.93. The maximum atomic E-state index is 10.1. The Morgan fingerprint density at radius 1 is 0.800 bits per heavy atom. The van der Waals surface area contributed by atoms with Crippen LogP contribution in [0.4, 0.5) is 5.69 Å². The molecule has 152 valence electrons. The average Bonchev–Trinajstić information content (AvgIpc) is 2.80. The lowest BCUT2D eigenvalue weighted by Gasteiger charge is -2.16. The lowest BCUT2D eigenvalue weighted by Crippen LogP contribution is -2.03. The number of nitrogens with zero attached hydrogens (tertiary/aromatic N) is 1. The third-order valence-corrected chi connectivity index (χ3v) is 5.23. The highest BCUT2D eigenvalue weighted by atomic mass is 79.9. The largest absolute Gasteiger partial charge is 0.497 e. The van der Waals surface area contributed by atoms with Crippen molar-refractivity contribution in [1.82, 2.24) is 0 Å². The van der Waals surface area contributed by atoms with Gasteiger partial charge in [0.05, 0.1) is 32.6 Å². The zero-order valence-corrected chi connectivity index (χ0v) is 18.5. The number of ether oxygens (including phenoxy) is 3. The van der Waals surface area contributed by atoms with E-state index >= 15 is 0 Å². The van der Waals surface area contributed by atoms with Gasteiger partial charge in [0.2, 0.25) is 0 Å². The second kappa shape index (κ2) is 9.86. The van der Waals surface area contributed by atoms with Gasteiger partial charge >= 0.3 is 0 Å². The lowest BCUT2D eigenvalue weighted by molar-refractivity contribution is 0.414. The first-order valence-electron chi connectivity index (χ1n) is 9.13. The van der Waals surface area contributed by atoms with Crippen LogP contribution in [0.15, 0.2) is 71.2 Å². The molecule has 0 heterocycles. The van der Waals surface area contributed by atoms with Gasteiger partial charge in [0.15, 0.2) is 0 Å². The number of halogens is 1. The minimum atomic E-state index is 0.474. The maximum Gasteiger partial charge on any atom is 0.119 e.